The summed E-state index contributed by atoms with van der Waals surface area (Å²) in [6.07, 6.45) is -4.67. The van der Waals surface area contributed by atoms with Crippen molar-refractivity contribution in [3.8, 4) is 0 Å². The molecule has 0 heterocycles. The maximum atomic E-state index is 12.4. The first-order valence-electron chi connectivity index (χ1n) is 4.80. The second-order valence-corrected chi connectivity index (χ2v) is 3.99. The van der Waals surface area contributed by atoms with Gasteiger partial charge < -0.3 is 5.11 Å². The molecule has 0 fully saturated rings. The van der Waals surface area contributed by atoms with Crippen LogP contribution in [0.2, 0.25) is 0 Å². The van der Waals surface area contributed by atoms with E-state index in [1.54, 1.807) is 0 Å². The molecule has 0 saturated carbocycles. The first-order valence-corrected chi connectivity index (χ1v) is 5.59. The van der Waals surface area contributed by atoms with Crippen molar-refractivity contribution in [2.75, 3.05) is 0 Å². The van der Waals surface area contributed by atoms with Gasteiger partial charge in [0.2, 0.25) is 0 Å². The fraction of sp³-hybridized carbons (Fsp3) is 0.455. The first-order chi connectivity index (χ1) is 7.25. The molecule has 1 unspecified atom stereocenters. The van der Waals surface area contributed by atoms with Crippen LogP contribution in [-0.4, -0.2) is 11.3 Å². The van der Waals surface area contributed by atoms with Crippen LogP contribution in [0.25, 0.3) is 0 Å². The van der Waals surface area contributed by atoms with Gasteiger partial charge in [0.25, 0.3) is 0 Å². The number of hydrogen-bond acceptors (Lipinski definition) is 1. The summed E-state index contributed by atoms with van der Waals surface area (Å²) in [4.78, 5) is 0. The van der Waals surface area contributed by atoms with Gasteiger partial charge in [-0.25, -0.2) is 0 Å². The number of benzene rings is 1. The molecular weight excluding hydrogens is 285 g/mol. The molecule has 0 amide bonds. The van der Waals surface area contributed by atoms with Gasteiger partial charge in [0.15, 0.2) is 5.60 Å². The third-order valence-electron chi connectivity index (χ3n) is 1.96. The highest BCUT2D eigenvalue weighted by Gasteiger charge is 2.50. The second kappa shape index (κ2) is 5.68. The van der Waals surface area contributed by atoms with E-state index in [-0.39, 0.29) is 5.56 Å². The van der Waals surface area contributed by atoms with Crippen LogP contribution in [0.3, 0.4) is 0 Å². The van der Waals surface area contributed by atoms with Gasteiger partial charge in [0, 0.05) is 4.47 Å². The van der Waals surface area contributed by atoms with Crippen LogP contribution in [0, 0.1) is 0 Å². The third kappa shape index (κ3) is 3.49. The highest BCUT2D eigenvalue weighted by atomic mass is 79.9. The van der Waals surface area contributed by atoms with E-state index in [1.807, 2.05) is 13.8 Å². The number of aliphatic hydroxyl groups is 1. The van der Waals surface area contributed by atoms with E-state index >= 15 is 0 Å². The van der Waals surface area contributed by atoms with Gasteiger partial charge in [0.05, 0.1) is 0 Å². The molecule has 0 radical (unpaired) electrons. The zero-order valence-electron chi connectivity index (χ0n) is 9.27. The lowest BCUT2D eigenvalue weighted by Crippen LogP contribution is -2.39. The van der Waals surface area contributed by atoms with Crippen molar-refractivity contribution in [2.24, 2.45) is 0 Å². The maximum absolute atomic E-state index is 12.4. The quantitative estimate of drug-likeness (QED) is 0.822. The Kier molecular flexibility index (Phi) is 5.49. The summed E-state index contributed by atoms with van der Waals surface area (Å²) in [5, 5.41) is 9.27. The Morgan fingerprint density at radius 3 is 1.75 bits per heavy atom. The van der Waals surface area contributed by atoms with Crippen molar-refractivity contribution < 1.29 is 18.3 Å². The second-order valence-electron chi connectivity index (χ2n) is 3.08. The van der Waals surface area contributed by atoms with Crippen molar-refractivity contribution in [1.29, 1.82) is 0 Å². The minimum Gasteiger partial charge on any atom is -0.376 e. The fourth-order valence-electron chi connectivity index (χ4n) is 0.938. The standard InChI is InChI=1S/C9H8BrF3O.C2H6/c1-8(14,9(11,12)13)6-2-4-7(10)5-3-6;1-2/h2-5,14H,1H3;1-2H3. The molecule has 5 heteroatoms. The summed E-state index contributed by atoms with van der Waals surface area (Å²) in [5.41, 5.74) is -2.97. The molecule has 92 valence electrons. The lowest BCUT2D eigenvalue weighted by molar-refractivity contribution is -0.258. The predicted octanol–water partition coefficient (Wildman–Crippen LogP) is 4.25. The largest absolute Gasteiger partial charge is 0.421 e. The average molecular weight is 299 g/mol. The molecule has 1 aromatic rings. The van der Waals surface area contributed by atoms with Gasteiger partial charge in [-0.1, -0.05) is 41.9 Å². The maximum Gasteiger partial charge on any atom is 0.421 e. The molecule has 0 spiro atoms. The monoisotopic (exact) mass is 298 g/mol. The van der Waals surface area contributed by atoms with Gasteiger partial charge in [-0.2, -0.15) is 13.2 Å². The molecular formula is C11H14BrF3O. The Morgan fingerprint density at radius 2 is 1.44 bits per heavy atom. The van der Waals surface area contributed by atoms with E-state index in [0.717, 1.165) is 6.92 Å². The molecule has 0 bridgehead atoms. The van der Waals surface area contributed by atoms with Gasteiger partial charge in [-0.3, -0.25) is 0 Å². The summed E-state index contributed by atoms with van der Waals surface area (Å²) >= 11 is 3.10. The number of rotatable bonds is 1. The van der Waals surface area contributed by atoms with E-state index in [0.29, 0.717) is 4.47 Å². The van der Waals surface area contributed by atoms with Crippen LogP contribution in [0.15, 0.2) is 28.7 Å². The smallest absolute Gasteiger partial charge is 0.376 e. The molecule has 1 N–H and O–H groups in total. The van der Waals surface area contributed by atoms with Crippen molar-refractivity contribution in [2.45, 2.75) is 32.5 Å². The van der Waals surface area contributed by atoms with Crippen LogP contribution < -0.4 is 0 Å². The topological polar surface area (TPSA) is 20.2 Å². The van der Waals surface area contributed by atoms with Crippen LogP contribution in [0.5, 0.6) is 0 Å². The van der Waals surface area contributed by atoms with Crippen LogP contribution >= 0.6 is 15.9 Å². The molecule has 0 aliphatic rings. The van der Waals surface area contributed by atoms with Crippen molar-refractivity contribution in [3.63, 3.8) is 0 Å². The zero-order chi connectivity index (χ0) is 13.0. The van der Waals surface area contributed by atoms with Crippen LogP contribution in [0.4, 0.5) is 13.2 Å². The Labute approximate surface area is 101 Å². The van der Waals surface area contributed by atoms with Crippen LogP contribution in [-0.2, 0) is 5.60 Å². The van der Waals surface area contributed by atoms with Crippen LogP contribution in [0.1, 0.15) is 26.3 Å². The molecule has 0 aromatic heterocycles. The first kappa shape index (κ1) is 15.4. The Hall–Kier alpha value is -0.550. The fourth-order valence-corrected chi connectivity index (χ4v) is 1.20. The lowest BCUT2D eigenvalue weighted by atomic mass is 9.96. The lowest BCUT2D eigenvalue weighted by Gasteiger charge is -2.26. The van der Waals surface area contributed by atoms with E-state index in [1.165, 1.54) is 24.3 Å². The van der Waals surface area contributed by atoms with Gasteiger partial charge >= 0.3 is 6.18 Å². The minimum atomic E-state index is -4.67. The minimum absolute atomic E-state index is 0.173. The molecule has 0 aliphatic carbocycles. The summed E-state index contributed by atoms with van der Waals surface area (Å²) in [7, 11) is 0. The Morgan fingerprint density at radius 1 is 1.06 bits per heavy atom. The molecule has 1 atom stereocenters. The summed E-state index contributed by atoms with van der Waals surface area (Å²) in [6.45, 7) is 4.73. The van der Waals surface area contributed by atoms with Gasteiger partial charge in [-0.05, 0) is 24.6 Å². The van der Waals surface area contributed by atoms with Gasteiger partial charge in [-0.15, -0.1) is 0 Å². The average Bonchev–Trinajstić information content (AvgIpc) is 2.20. The van der Waals surface area contributed by atoms with Crippen molar-refractivity contribution >= 4 is 15.9 Å². The van der Waals surface area contributed by atoms with E-state index in [9.17, 15) is 18.3 Å². The molecule has 1 nitrogen and oxygen atoms in total. The number of hydrogen-bond donors (Lipinski definition) is 1. The Balaban J connectivity index is 0.00000106. The molecule has 16 heavy (non-hydrogen) atoms. The van der Waals surface area contributed by atoms with Gasteiger partial charge in [0.1, 0.15) is 0 Å². The van der Waals surface area contributed by atoms with E-state index in [4.69, 9.17) is 0 Å². The summed E-state index contributed by atoms with van der Waals surface area (Å²) in [6, 6.07) is 5.38. The van der Waals surface area contributed by atoms with Crippen molar-refractivity contribution in [1.82, 2.24) is 0 Å². The summed E-state index contributed by atoms with van der Waals surface area (Å²) in [5.74, 6) is 0. The summed E-state index contributed by atoms with van der Waals surface area (Å²) < 4.78 is 37.7. The van der Waals surface area contributed by atoms with E-state index in [2.05, 4.69) is 15.9 Å². The molecule has 0 saturated heterocycles. The molecule has 1 rings (SSSR count). The molecule has 0 aliphatic heterocycles. The molecule has 1 aromatic carbocycles. The van der Waals surface area contributed by atoms with E-state index < -0.39 is 11.8 Å². The predicted molar refractivity (Wildman–Crippen MR) is 61.1 cm³/mol. The highest BCUT2D eigenvalue weighted by Crippen LogP contribution is 2.38. The zero-order valence-corrected chi connectivity index (χ0v) is 10.9. The normalized spacial score (nSPS) is 14.8. The Bertz CT molecular complexity index is 317. The third-order valence-corrected chi connectivity index (χ3v) is 2.49. The van der Waals surface area contributed by atoms with Crippen molar-refractivity contribution in [3.05, 3.63) is 34.3 Å². The number of alkyl halides is 3. The SMILES string of the molecule is CC.CC(O)(c1ccc(Br)cc1)C(F)(F)F. The number of halogens is 4. The highest BCUT2D eigenvalue weighted by molar-refractivity contribution is 9.10.